The third kappa shape index (κ3) is 5.18. The van der Waals surface area contributed by atoms with Gasteiger partial charge in [-0.25, -0.2) is 4.79 Å². The third-order valence-corrected chi connectivity index (χ3v) is 6.05. The normalized spacial score (nSPS) is 17.0. The Kier molecular flexibility index (Phi) is 7.45. The van der Waals surface area contributed by atoms with Crippen molar-refractivity contribution in [3.8, 4) is 5.75 Å². The van der Waals surface area contributed by atoms with Gasteiger partial charge in [0.25, 0.3) is 0 Å². The molecule has 0 aliphatic carbocycles. The van der Waals surface area contributed by atoms with Crippen molar-refractivity contribution in [2.45, 2.75) is 33.2 Å². The summed E-state index contributed by atoms with van der Waals surface area (Å²) in [6.07, 6.45) is 2.33. The van der Waals surface area contributed by atoms with Gasteiger partial charge in [0.05, 0.1) is 6.61 Å². The first-order valence-electron chi connectivity index (χ1n) is 10.1. The number of hydrogen-bond acceptors (Lipinski definition) is 4. The molecule has 0 N–H and O–H groups in total. The summed E-state index contributed by atoms with van der Waals surface area (Å²) in [5.41, 5.74) is 3.17. The van der Waals surface area contributed by atoms with Gasteiger partial charge in [-0.15, -0.1) is 12.4 Å². The number of rotatable bonds is 5. The van der Waals surface area contributed by atoms with Crippen molar-refractivity contribution in [3.05, 3.63) is 74.6 Å². The molecule has 0 bridgehead atoms. The predicted molar refractivity (Wildman–Crippen MR) is 124 cm³/mol. The first kappa shape index (κ1) is 22.7. The molecule has 160 valence electrons. The van der Waals surface area contributed by atoms with Gasteiger partial charge in [-0.1, -0.05) is 23.7 Å². The second kappa shape index (κ2) is 9.86. The van der Waals surface area contributed by atoms with Crippen molar-refractivity contribution in [2.24, 2.45) is 5.92 Å². The van der Waals surface area contributed by atoms with E-state index in [0.29, 0.717) is 23.7 Å². The minimum absolute atomic E-state index is 0. The van der Waals surface area contributed by atoms with E-state index in [-0.39, 0.29) is 18.0 Å². The fourth-order valence-corrected chi connectivity index (χ4v) is 4.27. The Labute approximate surface area is 188 Å². The van der Waals surface area contributed by atoms with Gasteiger partial charge in [-0.3, -0.25) is 4.90 Å². The Morgan fingerprint density at radius 3 is 2.80 bits per heavy atom. The van der Waals surface area contributed by atoms with Gasteiger partial charge >= 0.3 is 5.63 Å². The molecular formula is C24H27Cl2NO3. The second-order valence-electron chi connectivity index (χ2n) is 7.98. The van der Waals surface area contributed by atoms with E-state index in [1.807, 2.05) is 43.3 Å². The van der Waals surface area contributed by atoms with E-state index >= 15 is 0 Å². The largest absolute Gasteiger partial charge is 0.493 e. The number of hydrogen-bond donors (Lipinski definition) is 0. The average Bonchev–Trinajstić information content (AvgIpc) is 2.71. The Balaban J connectivity index is 0.00000256. The highest BCUT2D eigenvalue weighted by Gasteiger charge is 2.21. The average molecular weight is 448 g/mol. The van der Waals surface area contributed by atoms with Crippen LogP contribution in [0, 0.1) is 19.8 Å². The highest BCUT2D eigenvalue weighted by molar-refractivity contribution is 6.30. The minimum Gasteiger partial charge on any atom is -0.493 e. The van der Waals surface area contributed by atoms with E-state index in [2.05, 4.69) is 11.0 Å². The van der Waals surface area contributed by atoms with Crippen molar-refractivity contribution in [2.75, 3.05) is 19.7 Å². The van der Waals surface area contributed by atoms with Crippen LogP contribution < -0.4 is 10.4 Å². The summed E-state index contributed by atoms with van der Waals surface area (Å²) in [6, 6.07) is 13.8. The van der Waals surface area contributed by atoms with Crippen molar-refractivity contribution < 1.29 is 9.15 Å². The van der Waals surface area contributed by atoms with E-state index in [1.165, 1.54) is 12.0 Å². The van der Waals surface area contributed by atoms with Gasteiger partial charge in [-0.05, 0) is 68.6 Å². The highest BCUT2D eigenvalue weighted by Crippen LogP contribution is 2.25. The molecule has 3 aromatic rings. The lowest BCUT2D eigenvalue weighted by molar-refractivity contribution is 0.125. The fourth-order valence-electron chi connectivity index (χ4n) is 4.06. The molecule has 30 heavy (non-hydrogen) atoms. The van der Waals surface area contributed by atoms with Gasteiger partial charge in [0.1, 0.15) is 11.3 Å². The number of nitrogens with zero attached hydrogens (tertiary/aromatic N) is 1. The lowest BCUT2D eigenvalue weighted by Crippen LogP contribution is -2.37. The zero-order valence-electron chi connectivity index (χ0n) is 17.3. The molecule has 0 saturated carbocycles. The molecule has 1 fully saturated rings. The van der Waals surface area contributed by atoms with Gasteiger partial charge in [0, 0.05) is 41.0 Å². The maximum Gasteiger partial charge on any atom is 0.339 e. The molecule has 1 aromatic heterocycles. The van der Waals surface area contributed by atoms with Gasteiger partial charge < -0.3 is 9.15 Å². The number of fused-ring (bicyclic) bond motifs is 1. The number of ether oxygens (including phenoxy) is 1. The zero-order chi connectivity index (χ0) is 20.4. The maximum absolute atomic E-state index is 12.0. The molecule has 0 radical (unpaired) electrons. The number of aryl methyl sites for hydroxylation is 1. The molecule has 2 aromatic carbocycles. The van der Waals surface area contributed by atoms with Crippen LogP contribution in [0.25, 0.3) is 11.0 Å². The van der Waals surface area contributed by atoms with Crippen LogP contribution in [0.2, 0.25) is 5.02 Å². The summed E-state index contributed by atoms with van der Waals surface area (Å²) < 4.78 is 11.5. The molecule has 0 amide bonds. The van der Waals surface area contributed by atoms with Crippen LogP contribution in [-0.2, 0) is 6.54 Å². The van der Waals surface area contributed by atoms with Crippen LogP contribution in [-0.4, -0.2) is 24.6 Å². The molecule has 1 aliphatic rings. The number of benzene rings is 2. The molecule has 2 heterocycles. The van der Waals surface area contributed by atoms with Crippen LogP contribution >= 0.6 is 24.0 Å². The van der Waals surface area contributed by atoms with E-state index in [0.717, 1.165) is 47.8 Å². The molecule has 1 atom stereocenters. The predicted octanol–water partition coefficient (Wildman–Crippen LogP) is 5.78. The molecule has 1 saturated heterocycles. The summed E-state index contributed by atoms with van der Waals surface area (Å²) >= 11 is 6.11. The summed E-state index contributed by atoms with van der Waals surface area (Å²) in [5, 5.41) is 1.74. The molecular weight excluding hydrogens is 421 g/mol. The molecule has 4 nitrogen and oxygen atoms in total. The van der Waals surface area contributed by atoms with Crippen LogP contribution in [0.4, 0.5) is 0 Å². The monoisotopic (exact) mass is 447 g/mol. The summed E-state index contributed by atoms with van der Waals surface area (Å²) in [7, 11) is 0. The highest BCUT2D eigenvalue weighted by atomic mass is 35.5. The molecule has 4 rings (SSSR count). The SMILES string of the molecule is Cc1c(C)c2ccc(OCC3CCCN(Cc4cccc(Cl)c4)C3)cc2oc1=O.Cl. The smallest absolute Gasteiger partial charge is 0.339 e. The van der Waals surface area contributed by atoms with E-state index in [9.17, 15) is 4.79 Å². The van der Waals surface area contributed by atoms with Crippen LogP contribution in [0.1, 0.15) is 29.5 Å². The van der Waals surface area contributed by atoms with Crippen LogP contribution in [0.3, 0.4) is 0 Å². The molecule has 6 heteroatoms. The summed E-state index contributed by atoms with van der Waals surface area (Å²) in [5.74, 6) is 1.22. The maximum atomic E-state index is 12.0. The topological polar surface area (TPSA) is 42.7 Å². The van der Waals surface area contributed by atoms with Crippen LogP contribution in [0.5, 0.6) is 5.75 Å². The number of likely N-dealkylation sites (tertiary alicyclic amines) is 1. The van der Waals surface area contributed by atoms with E-state index in [4.69, 9.17) is 20.8 Å². The van der Waals surface area contributed by atoms with Crippen LogP contribution in [0.15, 0.2) is 51.7 Å². The Bertz CT molecular complexity index is 1080. The van der Waals surface area contributed by atoms with Crippen molar-refractivity contribution in [1.82, 2.24) is 4.90 Å². The van der Waals surface area contributed by atoms with E-state index < -0.39 is 0 Å². The number of piperidine rings is 1. The molecule has 0 spiro atoms. The Morgan fingerprint density at radius 2 is 2.00 bits per heavy atom. The Hall–Kier alpha value is -2.01. The van der Waals surface area contributed by atoms with Gasteiger partial charge in [0.15, 0.2) is 0 Å². The lowest BCUT2D eigenvalue weighted by atomic mass is 9.98. The fraction of sp³-hybridized carbons (Fsp3) is 0.375. The van der Waals surface area contributed by atoms with Crippen molar-refractivity contribution >= 4 is 35.0 Å². The quantitative estimate of drug-likeness (QED) is 0.465. The molecule has 1 unspecified atom stereocenters. The Morgan fingerprint density at radius 1 is 1.17 bits per heavy atom. The standard InChI is InChI=1S/C24H26ClNO3.ClH/c1-16-17(2)24(27)29-23-12-21(8-9-22(16)23)28-15-19-6-4-10-26(14-19)13-18-5-3-7-20(25)11-18;/h3,5,7-9,11-12,19H,4,6,10,13-15H2,1-2H3;1H. The second-order valence-corrected chi connectivity index (χ2v) is 8.42. The van der Waals surface area contributed by atoms with E-state index in [1.54, 1.807) is 6.92 Å². The molecule has 1 aliphatic heterocycles. The zero-order valence-corrected chi connectivity index (χ0v) is 18.9. The van der Waals surface area contributed by atoms with Crippen molar-refractivity contribution in [3.63, 3.8) is 0 Å². The van der Waals surface area contributed by atoms with Crippen molar-refractivity contribution in [1.29, 1.82) is 0 Å². The number of halogens is 2. The minimum atomic E-state index is -0.281. The summed E-state index contributed by atoms with van der Waals surface area (Å²) in [4.78, 5) is 14.4. The first-order valence-corrected chi connectivity index (χ1v) is 10.5. The lowest BCUT2D eigenvalue weighted by Gasteiger charge is -2.32. The summed E-state index contributed by atoms with van der Waals surface area (Å²) in [6.45, 7) is 7.43. The van der Waals surface area contributed by atoms with Gasteiger partial charge in [0.2, 0.25) is 0 Å². The first-order chi connectivity index (χ1) is 14.0. The van der Waals surface area contributed by atoms with Gasteiger partial charge in [-0.2, -0.15) is 0 Å². The third-order valence-electron chi connectivity index (χ3n) is 5.81.